The van der Waals surface area contributed by atoms with Gasteiger partial charge in [0.2, 0.25) is 0 Å². The van der Waals surface area contributed by atoms with Crippen molar-refractivity contribution >= 4 is 12.4 Å². The lowest BCUT2D eigenvalue weighted by Gasteiger charge is -2.29. The molecule has 0 saturated carbocycles. The highest BCUT2D eigenvalue weighted by atomic mass is 35.5. The molecule has 0 aromatic carbocycles. The Labute approximate surface area is 55.3 Å². The third-order valence-electron chi connectivity index (χ3n) is 1.43. The molecule has 1 aliphatic rings. The number of nitriles is 1. The Morgan fingerprint density at radius 1 is 1.75 bits per heavy atom. The van der Waals surface area contributed by atoms with Gasteiger partial charge in [0.15, 0.2) is 0 Å². The predicted octanol–water partition coefficient (Wildman–Crippen LogP) is 0.540. The van der Waals surface area contributed by atoms with Crippen molar-refractivity contribution in [2.75, 3.05) is 6.54 Å². The van der Waals surface area contributed by atoms with Gasteiger partial charge < -0.3 is 5.32 Å². The highest BCUT2D eigenvalue weighted by molar-refractivity contribution is 5.85. The standard InChI is InChI=1S/C5H8N2.ClH/c1-4-5(2-6)3-7-4;/h4-5,7H,3H2,1H3;1H/t4-,5+;/m0./s1. The van der Waals surface area contributed by atoms with Gasteiger partial charge in [0.05, 0.1) is 12.0 Å². The summed E-state index contributed by atoms with van der Waals surface area (Å²) in [5, 5.41) is 11.4. The van der Waals surface area contributed by atoms with Crippen molar-refractivity contribution in [2.24, 2.45) is 5.92 Å². The Balaban J connectivity index is 0.000000490. The van der Waals surface area contributed by atoms with Crippen LogP contribution >= 0.6 is 12.4 Å². The first-order valence-corrected chi connectivity index (χ1v) is 2.47. The quantitative estimate of drug-likeness (QED) is 0.522. The van der Waals surface area contributed by atoms with Gasteiger partial charge in [-0.25, -0.2) is 0 Å². The lowest BCUT2D eigenvalue weighted by molar-refractivity contribution is 0.315. The summed E-state index contributed by atoms with van der Waals surface area (Å²) in [6, 6.07) is 2.62. The van der Waals surface area contributed by atoms with Crippen molar-refractivity contribution < 1.29 is 0 Å². The molecule has 0 spiro atoms. The summed E-state index contributed by atoms with van der Waals surface area (Å²) in [5.41, 5.74) is 0. The van der Waals surface area contributed by atoms with E-state index in [1.807, 2.05) is 6.92 Å². The molecule has 2 atom stereocenters. The van der Waals surface area contributed by atoms with Crippen molar-refractivity contribution in [3.63, 3.8) is 0 Å². The topological polar surface area (TPSA) is 35.8 Å². The van der Waals surface area contributed by atoms with Gasteiger partial charge >= 0.3 is 0 Å². The van der Waals surface area contributed by atoms with E-state index < -0.39 is 0 Å². The second kappa shape index (κ2) is 2.91. The minimum Gasteiger partial charge on any atom is -0.312 e. The normalized spacial score (nSPS) is 34.0. The zero-order valence-electron chi connectivity index (χ0n) is 4.72. The molecule has 1 saturated heterocycles. The van der Waals surface area contributed by atoms with Gasteiger partial charge in [0.1, 0.15) is 0 Å². The molecule has 0 unspecified atom stereocenters. The van der Waals surface area contributed by atoms with E-state index in [4.69, 9.17) is 5.26 Å². The SMILES string of the molecule is C[C@@H]1NC[C@H]1C#N.Cl. The Bertz CT molecular complexity index is 107. The lowest BCUT2D eigenvalue weighted by atomic mass is 9.95. The van der Waals surface area contributed by atoms with Crippen molar-refractivity contribution in [3.05, 3.63) is 0 Å². The molecular formula is C5H9ClN2. The van der Waals surface area contributed by atoms with Gasteiger partial charge in [0, 0.05) is 12.6 Å². The zero-order valence-corrected chi connectivity index (χ0v) is 5.53. The van der Waals surface area contributed by atoms with Crippen molar-refractivity contribution in [3.8, 4) is 6.07 Å². The second-order valence-corrected chi connectivity index (χ2v) is 1.93. The van der Waals surface area contributed by atoms with E-state index in [1.54, 1.807) is 0 Å². The maximum absolute atomic E-state index is 8.27. The molecule has 46 valence electrons. The summed E-state index contributed by atoms with van der Waals surface area (Å²) in [5.74, 6) is 0.278. The summed E-state index contributed by atoms with van der Waals surface area (Å²) in [7, 11) is 0. The molecular weight excluding hydrogens is 124 g/mol. The molecule has 0 amide bonds. The lowest BCUT2D eigenvalue weighted by Crippen LogP contribution is -2.49. The van der Waals surface area contributed by atoms with Gasteiger partial charge in [-0.2, -0.15) is 5.26 Å². The van der Waals surface area contributed by atoms with Crippen LogP contribution in [0.2, 0.25) is 0 Å². The monoisotopic (exact) mass is 132 g/mol. The molecule has 1 heterocycles. The summed E-state index contributed by atoms with van der Waals surface area (Å²) in [4.78, 5) is 0. The summed E-state index contributed by atoms with van der Waals surface area (Å²) >= 11 is 0. The molecule has 0 bridgehead atoms. The number of nitrogens with one attached hydrogen (secondary N) is 1. The van der Waals surface area contributed by atoms with E-state index in [-0.39, 0.29) is 18.3 Å². The van der Waals surface area contributed by atoms with Crippen LogP contribution in [0.1, 0.15) is 6.92 Å². The Morgan fingerprint density at radius 2 is 2.38 bits per heavy atom. The molecule has 0 aromatic heterocycles. The third kappa shape index (κ3) is 1.12. The van der Waals surface area contributed by atoms with Crippen LogP contribution in [0.5, 0.6) is 0 Å². The van der Waals surface area contributed by atoms with Crippen LogP contribution in [0.25, 0.3) is 0 Å². The van der Waals surface area contributed by atoms with Crippen molar-refractivity contribution in [2.45, 2.75) is 13.0 Å². The molecule has 1 rings (SSSR count). The zero-order chi connectivity index (χ0) is 5.28. The van der Waals surface area contributed by atoms with E-state index in [1.165, 1.54) is 0 Å². The fourth-order valence-electron chi connectivity index (χ4n) is 0.629. The molecule has 3 heteroatoms. The van der Waals surface area contributed by atoms with Crippen molar-refractivity contribution in [1.29, 1.82) is 5.26 Å². The van der Waals surface area contributed by atoms with E-state index in [0.717, 1.165) is 6.54 Å². The van der Waals surface area contributed by atoms with Gasteiger partial charge in [-0.3, -0.25) is 0 Å². The number of halogens is 1. The molecule has 2 nitrogen and oxygen atoms in total. The van der Waals surface area contributed by atoms with Gasteiger partial charge in [-0.15, -0.1) is 12.4 Å². The average molecular weight is 133 g/mol. The fraction of sp³-hybridized carbons (Fsp3) is 0.800. The minimum atomic E-state index is 0. The van der Waals surface area contributed by atoms with Crippen LogP contribution in [-0.2, 0) is 0 Å². The van der Waals surface area contributed by atoms with Gasteiger partial charge in [0.25, 0.3) is 0 Å². The van der Waals surface area contributed by atoms with E-state index in [2.05, 4.69) is 11.4 Å². The number of nitrogens with zero attached hydrogens (tertiary/aromatic N) is 1. The van der Waals surface area contributed by atoms with E-state index in [0.29, 0.717) is 6.04 Å². The first-order chi connectivity index (χ1) is 3.34. The van der Waals surface area contributed by atoms with Gasteiger partial charge in [-0.05, 0) is 6.92 Å². The van der Waals surface area contributed by atoms with Crippen LogP contribution in [-0.4, -0.2) is 12.6 Å². The first kappa shape index (κ1) is 7.74. The Hall–Kier alpha value is -0.260. The van der Waals surface area contributed by atoms with E-state index in [9.17, 15) is 0 Å². The fourth-order valence-corrected chi connectivity index (χ4v) is 0.629. The molecule has 8 heavy (non-hydrogen) atoms. The molecule has 0 radical (unpaired) electrons. The van der Waals surface area contributed by atoms with Crippen LogP contribution in [0.3, 0.4) is 0 Å². The van der Waals surface area contributed by atoms with Gasteiger partial charge in [-0.1, -0.05) is 0 Å². The first-order valence-electron chi connectivity index (χ1n) is 2.47. The minimum absolute atomic E-state index is 0. The molecule has 1 aliphatic heterocycles. The molecule has 1 fully saturated rings. The highest BCUT2D eigenvalue weighted by Crippen LogP contribution is 2.09. The van der Waals surface area contributed by atoms with Crippen LogP contribution in [0.4, 0.5) is 0 Å². The molecule has 0 aromatic rings. The van der Waals surface area contributed by atoms with Crippen LogP contribution in [0, 0.1) is 17.2 Å². The summed E-state index contributed by atoms with van der Waals surface area (Å²) in [6.45, 7) is 2.91. The second-order valence-electron chi connectivity index (χ2n) is 1.93. The van der Waals surface area contributed by atoms with Crippen LogP contribution < -0.4 is 5.32 Å². The third-order valence-corrected chi connectivity index (χ3v) is 1.43. The number of rotatable bonds is 0. The smallest absolute Gasteiger partial charge is 0.0738 e. The average Bonchev–Trinajstić information content (AvgIpc) is 1.65. The molecule has 0 aliphatic carbocycles. The number of hydrogen-bond donors (Lipinski definition) is 1. The predicted molar refractivity (Wildman–Crippen MR) is 33.8 cm³/mol. The molecule has 1 N–H and O–H groups in total. The van der Waals surface area contributed by atoms with Crippen LogP contribution in [0.15, 0.2) is 0 Å². The van der Waals surface area contributed by atoms with E-state index >= 15 is 0 Å². The maximum atomic E-state index is 8.27. The maximum Gasteiger partial charge on any atom is 0.0738 e. The summed E-state index contributed by atoms with van der Waals surface area (Å²) in [6.07, 6.45) is 0. The number of hydrogen-bond acceptors (Lipinski definition) is 2. The highest BCUT2D eigenvalue weighted by Gasteiger charge is 2.24. The van der Waals surface area contributed by atoms with Crippen molar-refractivity contribution in [1.82, 2.24) is 5.32 Å². The Morgan fingerprint density at radius 3 is 2.38 bits per heavy atom. The summed E-state index contributed by atoms with van der Waals surface area (Å²) < 4.78 is 0. The Kier molecular flexibility index (Phi) is 2.81. The largest absolute Gasteiger partial charge is 0.312 e.